The molecule has 9 heteroatoms. The largest absolute Gasteiger partial charge is 0.314 e. The minimum Gasteiger partial charge on any atom is -0.314 e. The lowest BCUT2D eigenvalue weighted by atomic mass is 10.4. The van der Waals surface area contributed by atoms with Crippen LogP contribution < -0.4 is 10.0 Å². The number of anilines is 1. The van der Waals surface area contributed by atoms with Crippen LogP contribution in [-0.2, 0) is 10.2 Å². The summed E-state index contributed by atoms with van der Waals surface area (Å²) >= 11 is 0. The van der Waals surface area contributed by atoms with Gasteiger partial charge in [0.2, 0.25) is 0 Å². The summed E-state index contributed by atoms with van der Waals surface area (Å²) in [7, 11) is -2.10. The van der Waals surface area contributed by atoms with Crippen molar-refractivity contribution in [3.8, 4) is 0 Å². The third kappa shape index (κ3) is 4.87. The number of rotatable bonds is 8. The average molecular weight is 314 g/mol. The maximum absolute atomic E-state index is 12.1. The summed E-state index contributed by atoms with van der Waals surface area (Å²) in [6.07, 6.45) is 3.22. The number of aryl methyl sites for hydroxylation is 2. The summed E-state index contributed by atoms with van der Waals surface area (Å²) in [5.41, 5.74) is 1.33. The maximum Gasteiger partial charge on any atom is 0.303 e. The molecule has 0 bridgehead atoms. The fourth-order valence-corrected chi connectivity index (χ4v) is 2.55. The Bertz CT molecular complexity index is 587. The minimum atomic E-state index is -3.64. The van der Waals surface area contributed by atoms with E-state index in [0.717, 1.165) is 13.0 Å². The van der Waals surface area contributed by atoms with Gasteiger partial charge in [0.15, 0.2) is 0 Å². The molecule has 21 heavy (non-hydrogen) atoms. The predicted molar refractivity (Wildman–Crippen MR) is 80.1 cm³/mol. The van der Waals surface area contributed by atoms with Gasteiger partial charge >= 0.3 is 10.2 Å². The highest BCUT2D eigenvalue weighted by atomic mass is 32.2. The lowest BCUT2D eigenvalue weighted by molar-refractivity contribution is 0.457. The molecule has 0 spiro atoms. The summed E-state index contributed by atoms with van der Waals surface area (Å²) in [6, 6.07) is 0.639. The van der Waals surface area contributed by atoms with Crippen molar-refractivity contribution in [2.24, 2.45) is 0 Å². The lowest BCUT2D eigenvalue weighted by Gasteiger charge is -2.17. The van der Waals surface area contributed by atoms with Crippen LogP contribution in [0.5, 0.6) is 0 Å². The average Bonchev–Trinajstić information content (AvgIpc) is 3.22. The third-order valence-corrected chi connectivity index (χ3v) is 4.83. The zero-order chi connectivity index (χ0) is 15.5. The van der Waals surface area contributed by atoms with Crippen molar-refractivity contribution in [2.45, 2.75) is 39.2 Å². The van der Waals surface area contributed by atoms with Gasteiger partial charge in [-0.05, 0) is 39.7 Å². The Morgan fingerprint density at radius 1 is 1.24 bits per heavy atom. The smallest absolute Gasteiger partial charge is 0.303 e. The van der Waals surface area contributed by atoms with Gasteiger partial charge in [0.05, 0.1) is 11.4 Å². The van der Waals surface area contributed by atoms with Crippen LogP contribution in [0.2, 0.25) is 0 Å². The maximum atomic E-state index is 12.1. The number of hydrogen-bond acceptors (Lipinski definition) is 6. The predicted octanol–water partition coefficient (Wildman–Crippen LogP) is 0.219. The van der Waals surface area contributed by atoms with E-state index in [1.807, 2.05) is 0 Å². The van der Waals surface area contributed by atoms with E-state index in [2.05, 4.69) is 25.2 Å². The van der Waals surface area contributed by atoms with Gasteiger partial charge in [-0.3, -0.25) is 0 Å². The molecular weight excluding hydrogens is 292 g/mol. The van der Waals surface area contributed by atoms with Crippen molar-refractivity contribution >= 4 is 16.2 Å². The molecule has 2 N–H and O–H groups in total. The Kier molecular flexibility index (Phi) is 5.07. The van der Waals surface area contributed by atoms with Crippen molar-refractivity contribution in [2.75, 3.05) is 24.9 Å². The molecule has 0 radical (unpaired) electrons. The van der Waals surface area contributed by atoms with Crippen molar-refractivity contribution in [3.63, 3.8) is 0 Å². The SMILES string of the molecule is Cc1nnc(NS(=O)(=O)N(C)CCCNC2CC2)nc1C. The summed E-state index contributed by atoms with van der Waals surface area (Å²) in [5.74, 6) is 0.000977. The molecule has 1 fully saturated rings. The van der Waals surface area contributed by atoms with E-state index in [1.54, 1.807) is 13.8 Å². The molecule has 118 valence electrons. The first-order chi connectivity index (χ1) is 9.88. The molecule has 1 aromatic heterocycles. The van der Waals surface area contributed by atoms with Gasteiger partial charge in [-0.15, -0.1) is 5.10 Å². The van der Waals surface area contributed by atoms with Crippen LogP contribution in [0.4, 0.5) is 5.95 Å². The molecule has 1 heterocycles. The van der Waals surface area contributed by atoms with Crippen LogP contribution in [-0.4, -0.2) is 54.1 Å². The second-order valence-electron chi connectivity index (χ2n) is 5.32. The van der Waals surface area contributed by atoms with Crippen molar-refractivity contribution < 1.29 is 8.42 Å². The number of nitrogens with zero attached hydrogens (tertiary/aromatic N) is 4. The zero-order valence-electron chi connectivity index (χ0n) is 12.6. The van der Waals surface area contributed by atoms with Crippen LogP contribution in [0.25, 0.3) is 0 Å². The van der Waals surface area contributed by atoms with E-state index in [9.17, 15) is 8.42 Å². The Hall–Kier alpha value is -1.32. The minimum absolute atomic E-state index is 0.000977. The van der Waals surface area contributed by atoms with E-state index in [1.165, 1.54) is 24.2 Å². The van der Waals surface area contributed by atoms with E-state index < -0.39 is 10.2 Å². The van der Waals surface area contributed by atoms with Gasteiger partial charge in [0.25, 0.3) is 5.95 Å². The van der Waals surface area contributed by atoms with Crippen LogP contribution in [0.15, 0.2) is 0 Å². The fourth-order valence-electron chi connectivity index (χ4n) is 1.71. The zero-order valence-corrected chi connectivity index (χ0v) is 13.4. The number of nitrogens with one attached hydrogen (secondary N) is 2. The van der Waals surface area contributed by atoms with E-state index >= 15 is 0 Å². The van der Waals surface area contributed by atoms with E-state index in [0.29, 0.717) is 24.0 Å². The van der Waals surface area contributed by atoms with Gasteiger partial charge in [0, 0.05) is 19.6 Å². The molecule has 0 atom stereocenters. The topological polar surface area (TPSA) is 100 Å². The highest BCUT2D eigenvalue weighted by Gasteiger charge is 2.21. The second-order valence-corrected chi connectivity index (χ2v) is 7.09. The Labute approximate surface area is 125 Å². The van der Waals surface area contributed by atoms with Crippen molar-refractivity contribution in [3.05, 3.63) is 11.4 Å². The summed E-state index contributed by atoms with van der Waals surface area (Å²) in [5, 5.41) is 11.0. The molecule has 0 amide bonds. The molecule has 2 rings (SSSR count). The molecule has 0 aromatic carbocycles. The lowest BCUT2D eigenvalue weighted by Crippen LogP contribution is -2.35. The second kappa shape index (κ2) is 6.63. The van der Waals surface area contributed by atoms with Crippen LogP contribution in [0.1, 0.15) is 30.7 Å². The normalized spacial score (nSPS) is 15.4. The quantitative estimate of drug-likeness (QED) is 0.666. The molecule has 0 unspecified atom stereocenters. The summed E-state index contributed by atoms with van der Waals surface area (Å²) in [4.78, 5) is 4.07. The van der Waals surface area contributed by atoms with Gasteiger partial charge in [-0.1, -0.05) is 0 Å². The monoisotopic (exact) mass is 314 g/mol. The van der Waals surface area contributed by atoms with Crippen LogP contribution in [0, 0.1) is 13.8 Å². The molecule has 0 aliphatic heterocycles. The van der Waals surface area contributed by atoms with Gasteiger partial charge < -0.3 is 5.32 Å². The Morgan fingerprint density at radius 3 is 2.57 bits per heavy atom. The summed E-state index contributed by atoms with van der Waals surface area (Å²) in [6.45, 7) is 4.79. The third-order valence-electron chi connectivity index (χ3n) is 3.38. The number of hydrogen-bond donors (Lipinski definition) is 2. The van der Waals surface area contributed by atoms with Crippen molar-refractivity contribution in [1.29, 1.82) is 0 Å². The van der Waals surface area contributed by atoms with Gasteiger partial charge in [-0.2, -0.15) is 17.8 Å². The molecule has 0 saturated heterocycles. The number of aromatic nitrogens is 3. The van der Waals surface area contributed by atoms with Gasteiger partial charge in [0.1, 0.15) is 0 Å². The first-order valence-electron chi connectivity index (χ1n) is 7.04. The Balaban J connectivity index is 1.85. The molecule has 1 saturated carbocycles. The molecule has 1 aromatic rings. The van der Waals surface area contributed by atoms with Gasteiger partial charge in [-0.25, -0.2) is 9.71 Å². The van der Waals surface area contributed by atoms with E-state index in [-0.39, 0.29) is 5.95 Å². The highest BCUT2D eigenvalue weighted by molar-refractivity contribution is 7.90. The molecule has 1 aliphatic carbocycles. The molecule has 8 nitrogen and oxygen atoms in total. The summed E-state index contributed by atoms with van der Waals surface area (Å²) < 4.78 is 27.9. The molecular formula is C12H22N6O2S. The first-order valence-corrected chi connectivity index (χ1v) is 8.48. The fraction of sp³-hybridized carbons (Fsp3) is 0.750. The standard InChI is InChI=1S/C12H22N6O2S/c1-9-10(2)15-16-12(14-9)17-21(19,20)18(3)8-4-7-13-11-5-6-11/h11,13H,4-8H2,1-3H3,(H,14,16,17). The van der Waals surface area contributed by atoms with Crippen molar-refractivity contribution in [1.82, 2.24) is 24.8 Å². The Morgan fingerprint density at radius 2 is 1.95 bits per heavy atom. The molecule has 1 aliphatic rings. The van der Waals surface area contributed by atoms with Crippen LogP contribution >= 0.6 is 0 Å². The first kappa shape index (κ1) is 16.1. The highest BCUT2D eigenvalue weighted by Crippen LogP contribution is 2.18. The van der Waals surface area contributed by atoms with E-state index in [4.69, 9.17) is 0 Å². The van der Waals surface area contributed by atoms with Crippen LogP contribution in [0.3, 0.4) is 0 Å².